The van der Waals surface area contributed by atoms with Gasteiger partial charge >= 0.3 is 0 Å². The van der Waals surface area contributed by atoms with Gasteiger partial charge in [-0.3, -0.25) is 0 Å². The maximum absolute atomic E-state index is 9.23. The van der Waals surface area contributed by atoms with Crippen LogP contribution in [0.15, 0.2) is 24.5 Å². The average molecular weight is 204 g/mol. The number of aryl methyl sites for hydroxylation is 1. The number of rotatable bonds is 3. The van der Waals surface area contributed by atoms with Crippen LogP contribution in [0.5, 0.6) is 0 Å². The fraction of sp³-hybridized carbons (Fsp3) is 0.417. The second kappa shape index (κ2) is 4.03. The lowest BCUT2D eigenvalue weighted by molar-refractivity contribution is 0.262. The number of hydrogen-bond donors (Lipinski definition) is 1. The van der Waals surface area contributed by atoms with Crippen molar-refractivity contribution in [3.05, 3.63) is 30.1 Å². The minimum Gasteiger partial charge on any atom is -0.396 e. The van der Waals surface area contributed by atoms with Gasteiger partial charge in [-0.1, -0.05) is 13.0 Å². The second-order valence-electron chi connectivity index (χ2n) is 3.89. The zero-order valence-electron chi connectivity index (χ0n) is 9.14. The summed E-state index contributed by atoms with van der Waals surface area (Å²) in [6.45, 7) is 2.29. The molecule has 0 aliphatic rings. The van der Waals surface area contributed by atoms with E-state index in [4.69, 9.17) is 0 Å². The van der Waals surface area contributed by atoms with Gasteiger partial charge in [0.05, 0.1) is 17.4 Å². The molecule has 0 spiro atoms. The summed E-state index contributed by atoms with van der Waals surface area (Å²) in [5.74, 6) is 0.233. The van der Waals surface area contributed by atoms with Gasteiger partial charge in [0.1, 0.15) is 0 Å². The maximum Gasteiger partial charge on any atom is 0.0955 e. The Morgan fingerprint density at radius 1 is 1.47 bits per heavy atom. The van der Waals surface area contributed by atoms with Gasteiger partial charge in [0.25, 0.3) is 0 Å². The van der Waals surface area contributed by atoms with Gasteiger partial charge in [-0.2, -0.15) is 0 Å². The number of aliphatic hydroxyl groups excluding tert-OH is 1. The van der Waals surface area contributed by atoms with E-state index in [-0.39, 0.29) is 12.5 Å². The third-order valence-corrected chi connectivity index (χ3v) is 2.93. The van der Waals surface area contributed by atoms with E-state index in [1.165, 1.54) is 5.56 Å². The molecule has 0 saturated carbocycles. The predicted octanol–water partition coefficient (Wildman–Crippen LogP) is 2.06. The van der Waals surface area contributed by atoms with Crippen molar-refractivity contribution >= 4 is 11.0 Å². The molecule has 2 rings (SSSR count). The zero-order chi connectivity index (χ0) is 10.8. The fourth-order valence-corrected chi connectivity index (χ4v) is 1.88. The Hall–Kier alpha value is -1.35. The molecule has 3 nitrogen and oxygen atoms in total. The summed E-state index contributed by atoms with van der Waals surface area (Å²) in [7, 11) is 1.98. The lowest BCUT2D eigenvalue weighted by Gasteiger charge is -2.11. The largest absolute Gasteiger partial charge is 0.396 e. The quantitative estimate of drug-likeness (QED) is 0.831. The molecule has 0 fully saturated rings. The Morgan fingerprint density at radius 2 is 2.27 bits per heavy atom. The van der Waals surface area contributed by atoms with E-state index in [1.54, 1.807) is 0 Å². The monoisotopic (exact) mass is 204 g/mol. The van der Waals surface area contributed by atoms with Crippen LogP contribution >= 0.6 is 0 Å². The first kappa shape index (κ1) is 10.2. The minimum absolute atomic E-state index is 0.203. The summed E-state index contributed by atoms with van der Waals surface area (Å²) in [4.78, 5) is 4.31. The van der Waals surface area contributed by atoms with Gasteiger partial charge in [0.2, 0.25) is 0 Å². The number of aliphatic hydroxyl groups is 1. The topological polar surface area (TPSA) is 38.1 Å². The molecule has 1 N–H and O–H groups in total. The summed E-state index contributed by atoms with van der Waals surface area (Å²) >= 11 is 0. The fourth-order valence-electron chi connectivity index (χ4n) is 1.88. The average Bonchev–Trinajstić information content (AvgIpc) is 2.62. The normalized spacial score (nSPS) is 13.3. The molecule has 1 heterocycles. The van der Waals surface area contributed by atoms with E-state index < -0.39 is 0 Å². The molecule has 3 heteroatoms. The molecule has 1 unspecified atom stereocenters. The molecule has 0 saturated heterocycles. The van der Waals surface area contributed by atoms with Crippen LogP contribution in [-0.4, -0.2) is 21.3 Å². The van der Waals surface area contributed by atoms with Crippen LogP contribution in [0.4, 0.5) is 0 Å². The molecule has 1 aromatic heterocycles. The summed E-state index contributed by atoms with van der Waals surface area (Å²) < 4.78 is 2.00. The van der Waals surface area contributed by atoms with Gasteiger partial charge in [-0.15, -0.1) is 0 Å². The first-order valence-electron chi connectivity index (χ1n) is 5.28. The van der Waals surface area contributed by atoms with Crippen LogP contribution in [0.3, 0.4) is 0 Å². The number of nitrogens with zero attached hydrogens (tertiary/aromatic N) is 2. The summed E-state index contributed by atoms with van der Waals surface area (Å²) in [6, 6.07) is 6.21. The highest BCUT2D eigenvalue weighted by molar-refractivity contribution is 5.76. The van der Waals surface area contributed by atoms with E-state index in [2.05, 4.69) is 30.1 Å². The van der Waals surface area contributed by atoms with E-state index in [9.17, 15) is 5.11 Å². The Morgan fingerprint density at radius 3 is 2.93 bits per heavy atom. The predicted molar refractivity (Wildman–Crippen MR) is 60.8 cm³/mol. The number of benzene rings is 1. The summed E-state index contributed by atoms with van der Waals surface area (Å²) in [5, 5.41) is 9.23. The SMILES string of the molecule is CCC(CO)c1ccc2c(c1)ncn2C. The van der Waals surface area contributed by atoms with Gasteiger partial charge in [-0.05, 0) is 24.1 Å². The lowest BCUT2D eigenvalue weighted by atomic mass is 9.97. The molecular formula is C12H16N2O. The molecule has 0 radical (unpaired) electrons. The van der Waals surface area contributed by atoms with Crippen LogP contribution in [0.25, 0.3) is 11.0 Å². The van der Waals surface area contributed by atoms with Crippen molar-refractivity contribution in [2.45, 2.75) is 19.3 Å². The first-order valence-corrected chi connectivity index (χ1v) is 5.28. The third-order valence-electron chi connectivity index (χ3n) is 2.93. The summed E-state index contributed by atoms with van der Waals surface area (Å²) in [5.41, 5.74) is 3.31. The minimum atomic E-state index is 0.203. The van der Waals surface area contributed by atoms with Gasteiger partial charge in [0.15, 0.2) is 0 Å². The van der Waals surface area contributed by atoms with Crippen LogP contribution in [0.1, 0.15) is 24.8 Å². The van der Waals surface area contributed by atoms with Gasteiger partial charge < -0.3 is 9.67 Å². The molecule has 0 amide bonds. The maximum atomic E-state index is 9.23. The lowest BCUT2D eigenvalue weighted by Crippen LogP contribution is -2.02. The standard InChI is InChI=1S/C12H16N2O/c1-3-9(7-15)10-4-5-12-11(6-10)13-8-14(12)2/h4-6,8-9,15H,3,7H2,1-2H3. The van der Waals surface area contributed by atoms with Crippen LogP contribution in [0.2, 0.25) is 0 Å². The van der Waals surface area contributed by atoms with Crippen molar-refractivity contribution in [2.24, 2.45) is 7.05 Å². The van der Waals surface area contributed by atoms with Crippen molar-refractivity contribution < 1.29 is 5.11 Å². The van der Waals surface area contributed by atoms with Crippen molar-refractivity contribution in [2.75, 3.05) is 6.61 Å². The molecule has 2 aromatic rings. The molecule has 0 bridgehead atoms. The van der Waals surface area contributed by atoms with Crippen LogP contribution < -0.4 is 0 Å². The number of imidazole rings is 1. The number of aromatic nitrogens is 2. The summed E-state index contributed by atoms with van der Waals surface area (Å²) in [6.07, 6.45) is 2.77. The molecular weight excluding hydrogens is 188 g/mol. The Balaban J connectivity index is 2.46. The van der Waals surface area contributed by atoms with Crippen LogP contribution in [-0.2, 0) is 7.05 Å². The smallest absolute Gasteiger partial charge is 0.0955 e. The molecule has 1 atom stereocenters. The Labute approximate surface area is 89.4 Å². The zero-order valence-corrected chi connectivity index (χ0v) is 9.14. The highest BCUT2D eigenvalue weighted by atomic mass is 16.3. The Bertz CT molecular complexity index is 458. The second-order valence-corrected chi connectivity index (χ2v) is 3.89. The van der Waals surface area contributed by atoms with Crippen molar-refractivity contribution in [3.63, 3.8) is 0 Å². The first-order chi connectivity index (χ1) is 7.26. The van der Waals surface area contributed by atoms with Crippen molar-refractivity contribution in [1.29, 1.82) is 0 Å². The third kappa shape index (κ3) is 1.75. The highest BCUT2D eigenvalue weighted by Crippen LogP contribution is 2.22. The van der Waals surface area contributed by atoms with Gasteiger partial charge in [-0.25, -0.2) is 4.98 Å². The highest BCUT2D eigenvalue weighted by Gasteiger charge is 2.09. The number of hydrogen-bond acceptors (Lipinski definition) is 2. The van der Waals surface area contributed by atoms with E-state index >= 15 is 0 Å². The molecule has 0 aliphatic heterocycles. The van der Waals surface area contributed by atoms with E-state index in [1.807, 2.05) is 17.9 Å². The van der Waals surface area contributed by atoms with Crippen molar-refractivity contribution in [3.8, 4) is 0 Å². The molecule has 15 heavy (non-hydrogen) atoms. The van der Waals surface area contributed by atoms with Gasteiger partial charge in [0, 0.05) is 19.6 Å². The van der Waals surface area contributed by atoms with Crippen molar-refractivity contribution in [1.82, 2.24) is 9.55 Å². The van der Waals surface area contributed by atoms with E-state index in [0.717, 1.165) is 17.5 Å². The molecule has 80 valence electrons. The number of fused-ring (bicyclic) bond motifs is 1. The molecule has 1 aromatic carbocycles. The van der Waals surface area contributed by atoms with E-state index in [0.29, 0.717) is 0 Å². The van der Waals surface area contributed by atoms with Crippen LogP contribution in [0, 0.1) is 0 Å². The molecule has 0 aliphatic carbocycles. The Kier molecular flexibility index (Phi) is 2.73.